The van der Waals surface area contributed by atoms with Crippen LogP contribution in [0.15, 0.2) is 22.7 Å². The molecule has 0 heterocycles. The number of halogens is 1. The van der Waals surface area contributed by atoms with Crippen molar-refractivity contribution in [1.82, 2.24) is 5.32 Å². The van der Waals surface area contributed by atoms with Gasteiger partial charge < -0.3 is 10.4 Å². The van der Waals surface area contributed by atoms with E-state index >= 15 is 0 Å². The first-order chi connectivity index (χ1) is 6.20. The van der Waals surface area contributed by atoms with Gasteiger partial charge in [-0.15, -0.1) is 0 Å². The fourth-order valence-corrected chi connectivity index (χ4v) is 1.83. The Morgan fingerprint density at radius 3 is 2.77 bits per heavy atom. The Kier molecular flexibility index (Phi) is 3.90. The van der Waals surface area contributed by atoms with E-state index in [0.29, 0.717) is 0 Å². The van der Waals surface area contributed by atoms with Gasteiger partial charge in [0.05, 0.1) is 12.6 Å². The van der Waals surface area contributed by atoms with E-state index in [-0.39, 0.29) is 12.6 Å². The lowest BCUT2D eigenvalue weighted by Gasteiger charge is -2.16. The van der Waals surface area contributed by atoms with Crippen molar-refractivity contribution in [1.29, 1.82) is 0 Å². The summed E-state index contributed by atoms with van der Waals surface area (Å²) < 4.78 is 1.07. The molecule has 13 heavy (non-hydrogen) atoms. The van der Waals surface area contributed by atoms with Gasteiger partial charge in [-0.3, -0.25) is 0 Å². The molecule has 1 aromatic rings. The van der Waals surface area contributed by atoms with Gasteiger partial charge in [-0.1, -0.05) is 34.1 Å². The zero-order chi connectivity index (χ0) is 9.84. The molecule has 0 saturated heterocycles. The van der Waals surface area contributed by atoms with Crippen molar-refractivity contribution >= 4 is 15.9 Å². The van der Waals surface area contributed by atoms with Crippen LogP contribution in [0.25, 0.3) is 0 Å². The predicted octanol–water partition coefficient (Wildman–Crippen LogP) is 2.01. The maximum absolute atomic E-state index is 9.11. The Morgan fingerprint density at radius 2 is 2.23 bits per heavy atom. The number of hydrogen-bond donors (Lipinski definition) is 2. The van der Waals surface area contributed by atoms with Gasteiger partial charge in [-0.2, -0.15) is 0 Å². The summed E-state index contributed by atoms with van der Waals surface area (Å²) in [5, 5.41) is 12.2. The number of nitrogens with one attached hydrogen (secondary N) is 1. The average Bonchev–Trinajstić information content (AvgIpc) is 2.14. The van der Waals surface area contributed by atoms with Crippen molar-refractivity contribution < 1.29 is 5.11 Å². The minimum absolute atomic E-state index is 0.00859. The van der Waals surface area contributed by atoms with Gasteiger partial charge in [0.1, 0.15) is 0 Å². The number of benzene rings is 1. The highest BCUT2D eigenvalue weighted by molar-refractivity contribution is 9.10. The molecule has 0 bridgehead atoms. The van der Waals surface area contributed by atoms with Gasteiger partial charge >= 0.3 is 0 Å². The normalized spacial score (nSPS) is 12.9. The molecule has 1 rings (SSSR count). The van der Waals surface area contributed by atoms with E-state index in [4.69, 9.17) is 5.11 Å². The van der Waals surface area contributed by atoms with E-state index in [2.05, 4.69) is 21.2 Å². The largest absolute Gasteiger partial charge is 0.394 e. The standard InChI is InChI=1S/C10H14BrNO/c1-7-4-3-5-8(10(7)11)9(6-13)12-2/h3-5,9,12-13H,6H2,1-2H3/t9-/m0/s1. The third kappa shape index (κ3) is 2.30. The van der Waals surface area contributed by atoms with Crippen LogP contribution in [0.4, 0.5) is 0 Å². The van der Waals surface area contributed by atoms with Crippen LogP contribution in [0, 0.1) is 6.92 Å². The lowest BCUT2D eigenvalue weighted by Crippen LogP contribution is -2.20. The minimum atomic E-state index is 0.00859. The first-order valence-corrected chi connectivity index (χ1v) is 5.03. The highest BCUT2D eigenvalue weighted by atomic mass is 79.9. The number of likely N-dealkylation sites (N-methyl/N-ethyl adjacent to an activating group) is 1. The number of hydrogen-bond acceptors (Lipinski definition) is 2. The summed E-state index contributed by atoms with van der Waals surface area (Å²) in [5.74, 6) is 0. The smallest absolute Gasteiger partial charge is 0.0626 e. The predicted molar refractivity (Wildman–Crippen MR) is 57.8 cm³/mol. The lowest BCUT2D eigenvalue weighted by molar-refractivity contribution is 0.250. The van der Waals surface area contributed by atoms with Crippen LogP contribution in [-0.4, -0.2) is 18.8 Å². The van der Waals surface area contributed by atoms with Gasteiger partial charge in [-0.25, -0.2) is 0 Å². The highest BCUT2D eigenvalue weighted by Crippen LogP contribution is 2.25. The van der Waals surface area contributed by atoms with Crippen LogP contribution in [-0.2, 0) is 0 Å². The van der Waals surface area contributed by atoms with Crippen LogP contribution in [0.1, 0.15) is 17.2 Å². The number of aliphatic hydroxyl groups is 1. The van der Waals surface area contributed by atoms with E-state index in [0.717, 1.165) is 10.0 Å². The van der Waals surface area contributed by atoms with Gasteiger partial charge in [0.15, 0.2) is 0 Å². The van der Waals surface area contributed by atoms with Crippen molar-refractivity contribution in [2.75, 3.05) is 13.7 Å². The molecule has 0 aliphatic rings. The molecule has 0 fully saturated rings. The second-order valence-corrected chi connectivity index (χ2v) is 3.79. The van der Waals surface area contributed by atoms with Gasteiger partial charge in [0, 0.05) is 4.47 Å². The van der Waals surface area contributed by atoms with Crippen molar-refractivity contribution in [3.63, 3.8) is 0 Å². The molecule has 0 spiro atoms. The number of rotatable bonds is 3. The zero-order valence-corrected chi connectivity index (χ0v) is 9.43. The summed E-state index contributed by atoms with van der Waals surface area (Å²) in [4.78, 5) is 0. The van der Waals surface area contributed by atoms with E-state index in [1.165, 1.54) is 5.56 Å². The van der Waals surface area contributed by atoms with E-state index in [1.54, 1.807) is 0 Å². The molecule has 0 radical (unpaired) electrons. The molecular weight excluding hydrogens is 230 g/mol. The Morgan fingerprint density at radius 1 is 1.54 bits per heavy atom. The summed E-state index contributed by atoms with van der Waals surface area (Å²) in [7, 11) is 1.84. The summed E-state index contributed by atoms with van der Waals surface area (Å²) in [5.41, 5.74) is 2.29. The maximum atomic E-state index is 9.11. The van der Waals surface area contributed by atoms with Crippen molar-refractivity contribution in [2.45, 2.75) is 13.0 Å². The molecule has 0 saturated carbocycles. The van der Waals surface area contributed by atoms with Crippen LogP contribution < -0.4 is 5.32 Å². The zero-order valence-electron chi connectivity index (χ0n) is 7.84. The van der Waals surface area contributed by atoms with Crippen LogP contribution in [0.5, 0.6) is 0 Å². The van der Waals surface area contributed by atoms with Gasteiger partial charge in [0.2, 0.25) is 0 Å². The molecule has 0 amide bonds. The third-order valence-corrected chi connectivity index (χ3v) is 3.21. The summed E-state index contributed by atoms with van der Waals surface area (Å²) in [6, 6.07) is 6.05. The number of aliphatic hydroxyl groups excluding tert-OH is 1. The second-order valence-electron chi connectivity index (χ2n) is 3.00. The van der Waals surface area contributed by atoms with Crippen LogP contribution in [0.3, 0.4) is 0 Å². The minimum Gasteiger partial charge on any atom is -0.394 e. The lowest BCUT2D eigenvalue weighted by atomic mass is 10.1. The average molecular weight is 244 g/mol. The molecule has 1 atom stereocenters. The molecule has 72 valence electrons. The first-order valence-electron chi connectivity index (χ1n) is 4.23. The quantitative estimate of drug-likeness (QED) is 0.852. The summed E-state index contributed by atoms with van der Waals surface area (Å²) >= 11 is 3.51. The molecule has 0 aliphatic heterocycles. The molecule has 0 aliphatic carbocycles. The molecule has 3 heteroatoms. The van der Waals surface area contributed by atoms with Crippen LogP contribution >= 0.6 is 15.9 Å². The number of aryl methyl sites for hydroxylation is 1. The van der Waals surface area contributed by atoms with Gasteiger partial charge in [0.25, 0.3) is 0 Å². The topological polar surface area (TPSA) is 32.3 Å². The van der Waals surface area contributed by atoms with Crippen molar-refractivity contribution in [3.05, 3.63) is 33.8 Å². The van der Waals surface area contributed by atoms with Crippen molar-refractivity contribution in [2.24, 2.45) is 0 Å². The second kappa shape index (κ2) is 4.74. The molecule has 1 aromatic carbocycles. The Hall–Kier alpha value is -0.380. The third-order valence-electron chi connectivity index (χ3n) is 2.13. The van der Waals surface area contributed by atoms with E-state index < -0.39 is 0 Å². The Labute approximate surface area is 87.1 Å². The molecule has 0 unspecified atom stereocenters. The summed E-state index contributed by atoms with van der Waals surface area (Å²) in [6.45, 7) is 2.15. The molecular formula is C10H14BrNO. The molecule has 2 nitrogen and oxygen atoms in total. The Bertz CT molecular complexity index is 284. The Balaban J connectivity index is 3.05. The van der Waals surface area contributed by atoms with Gasteiger partial charge in [-0.05, 0) is 25.1 Å². The monoisotopic (exact) mass is 243 g/mol. The van der Waals surface area contributed by atoms with Crippen molar-refractivity contribution in [3.8, 4) is 0 Å². The fourth-order valence-electron chi connectivity index (χ4n) is 1.28. The highest BCUT2D eigenvalue weighted by Gasteiger charge is 2.11. The first kappa shape index (κ1) is 10.7. The fraction of sp³-hybridized carbons (Fsp3) is 0.400. The van der Waals surface area contributed by atoms with E-state index in [9.17, 15) is 0 Å². The summed E-state index contributed by atoms with van der Waals surface area (Å²) in [6.07, 6.45) is 0. The maximum Gasteiger partial charge on any atom is 0.0626 e. The SMILES string of the molecule is CN[C@@H](CO)c1cccc(C)c1Br. The molecule has 2 N–H and O–H groups in total. The molecule has 0 aromatic heterocycles. The van der Waals surface area contributed by atoms with Crippen LogP contribution in [0.2, 0.25) is 0 Å². The van der Waals surface area contributed by atoms with E-state index in [1.807, 2.05) is 32.2 Å².